The molecule has 9 heteroatoms. The van der Waals surface area contributed by atoms with Crippen molar-refractivity contribution < 1.29 is 61.6 Å². The van der Waals surface area contributed by atoms with Gasteiger partial charge in [0.25, 0.3) is 5.91 Å². The van der Waals surface area contributed by atoms with E-state index < -0.39 is 0 Å². The first-order chi connectivity index (χ1) is 12.2. The molecule has 2 aromatic rings. The lowest BCUT2D eigenvalue weighted by molar-refractivity contribution is -0.822. The van der Waals surface area contributed by atoms with Crippen LogP contribution in [0.3, 0.4) is 0 Å². The van der Waals surface area contributed by atoms with Gasteiger partial charge < -0.3 is 42.5 Å². The van der Waals surface area contributed by atoms with Crippen LogP contribution < -0.4 is 57.3 Å². The van der Waals surface area contributed by atoms with Crippen LogP contribution in [0, 0.1) is 0 Å². The molecule has 6 nitrogen and oxygen atoms in total. The number of hydrogen-bond donors (Lipinski definition) is 4. The number of likely N-dealkylation sites (N-methyl/N-ethyl adjacent to an activating group) is 1. The maximum Gasteiger partial charge on any atom is 0.361 e. The van der Waals surface area contributed by atoms with Crippen molar-refractivity contribution >= 4 is 29.5 Å². The molecule has 1 aliphatic heterocycles. The van der Waals surface area contributed by atoms with Gasteiger partial charge in [-0.2, -0.15) is 9.89 Å². The lowest BCUT2D eigenvalue weighted by Crippen LogP contribution is -3.20. The third-order valence-electron chi connectivity index (χ3n) is 4.32. The molecular weight excluding hydrogens is 423 g/mol. The Morgan fingerprint density at radius 3 is 2.36 bits per heavy atom. The Hall–Kier alpha value is -1.96. The Morgan fingerprint density at radius 1 is 1.04 bits per heavy atom. The largest absolute Gasteiger partial charge is 1.00 e. The maximum absolute atomic E-state index is 12.5. The summed E-state index contributed by atoms with van der Waals surface area (Å²) in [5, 5.41) is 2.86. The summed E-state index contributed by atoms with van der Waals surface area (Å²) >= 11 is 0. The molecule has 3 rings (SSSR count). The number of carbonyl (C=O) groups is 2. The van der Waals surface area contributed by atoms with Gasteiger partial charge in [-0.15, -0.1) is 0 Å². The molecular formula is C19H23Cl3N4O2. The molecule has 0 spiro atoms. The predicted molar refractivity (Wildman–Crippen MR) is 93.9 cm³/mol. The number of fused-ring (bicyclic) bond motifs is 1. The van der Waals surface area contributed by atoms with Crippen LogP contribution in [-0.4, -0.2) is 37.9 Å². The van der Waals surface area contributed by atoms with Crippen LogP contribution in [0.5, 0.6) is 0 Å². The molecule has 0 saturated carbocycles. The minimum Gasteiger partial charge on any atom is -1.00 e. The van der Waals surface area contributed by atoms with Gasteiger partial charge in [0.15, 0.2) is 18.8 Å². The van der Waals surface area contributed by atoms with E-state index in [1.807, 2.05) is 55.5 Å². The third kappa shape index (κ3) is 6.29. The Morgan fingerprint density at radius 2 is 1.68 bits per heavy atom. The van der Waals surface area contributed by atoms with Crippen LogP contribution in [0.1, 0.15) is 17.3 Å². The van der Waals surface area contributed by atoms with Crippen LogP contribution in [0.4, 0.5) is 11.4 Å². The van der Waals surface area contributed by atoms with E-state index in [0.29, 0.717) is 17.0 Å². The molecule has 0 aromatic heterocycles. The molecule has 0 saturated heterocycles. The lowest BCUT2D eigenvalue weighted by Gasteiger charge is -2.17. The van der Waals surface area contributed by atoms with Crippen LogP contribution >= 0.6 is 0 Å². The number of halogens is 3. The zero-order valence-electron chi connectivity index (χ0n) is 15.3. The minimum absolute atomic E-state index is 0. The first-order valence-electron chi connectivity index (χ1n) is 8.45. The Labute approximate surface area is 183 Å². The highest BCUT2D eigenvalue weighted by molar-refractivity contribution is 5.95. The second-order valence-corrected chi connectivity index (χ2v) is 5.97. The van der Waals surface area contributed by atoms with Crippen molar-refractivity contribution in [2.75, 3.05) is 19.8 Å². The Balaban J connectivity index is 0.00000243. The topological polar surface area (TPSA) is 69.0 Å². The molecule has 2 unspecified atom stereocenters. The molecule has 2 atom stereocenters. The fourth-order valence-corrected chi connectivity index (χ4v) is 2.90. The van der Waals surface area contributed by atoms with Crippen molar-refractivity contribution in [1.82, 2.24) is 5.32 Å². The van der Waals surface area contributed by atoms with Crippen LogP contribution in [-0.2, 0) is 4.79 Å². The fraction of sp³-hybridized carbons (Fsp3) is 0.211. The second-order valence-electron chi connectivity index (χ2n) is 5.97. The molecule has 0 radical (unpaired) electrons. The number of carbonyl (C=O) groups excluding carboxylic acids is 2. The van der Waals surface area contributed by atoms with Crippen molar-refractivity contribution in [3.8, 4) is 0 Å². The van der Waals surface area contributed by atoms with Gasteiger partial charge in [0.1, 0.15) is 5.69 Å². The van der Waals surface area contributed by atoms with Crippen molar-refractivity contribution in [2.24, 2.45) is 0 Å². The van der Waals surface area contributed by atoms with E-state index in [9.17, 15) is 9.59 Å². The quantitative estimate of drug-likeness (QED) is 0.357. The molecule has 0 aliphatic carbocycles. The molecule has 0 fully saturated rings. The maximum atomic E-state index is 12.5. The molecule has 1 heterocycles. The van der Waals surface area contributed by atoms with Crippen molar-refractivity contribution in [2.45, 2.75) is 6.92 Å². The number of nitrogens with one attached hydrogen (secondary N) is 4. The number of hydrogen-bond acceptors (Lipinski definition) is 2. The predicted octanol–water partition coefficient (Wildman–Crippen LogP) is -11.2. The summed E-state index contributed by atoms with van der Waals surface area (Å²) in [6, 6.07) is 17.3. The summed E-state index contributed by atoms with van der Waals surface area (Å²) in [6.45, 7) is 3.43. The van der Waals surface area contributed by atoms with E-state index in [-0.39, 0.29) is 55.7 Å². The molecule has 4 N–H and O–H groups in total. The molecule has 2 aromatic carbocycles. The Kier molecular flexibility index (Phi) is 11.6. The van der Waals surface area contributed by atoms with E-state index in [0.717, 1.165) is 22.8 Å². The summed E-state index contributed by atoms with van der Waals surface area (Å²) < 4.78 is 0. The summed E-state index contributed by atoms with van der Waals surface area (Å²) in [5.74, 6) is -0.120. The van der Waals surface area contributed by atoms with Gasteiger partial charge in [-0.3, -0.25) is 9.69 Å². The van der Waals surface area contributed by atoms with Crippen LogP contribution in [0.15, 0.2) is 54.6 Å². The first kappa shape index (κ1) is 26.0. The highest BCUT2D eigenvalue weighted by atomic mass is 35.5. The van der Waals surface area contributed by atoms with Gasteiger partial charge in [-0.1, -0.05) is 30.3 Å². The van der Waals surface area contributed by atoms with Crippen molar-refractivity contribution in [1.29, 1.82) is 0 Å². The van der Waals surface area contributed by atoms with E-state index in [2.05, 4.69) is 10.3 Å². The summed E-state index contributed by atoms with van der Waals surface area (Å²) in [5.41, 5.74) is 2.52. The summed E-state index contributed by atoms with van der Waals surface area (Å²) in [4.78, 5) is 29.5. The van der Waals surface area contributed by atoms with Crippen molar-refractivity contribution in [3.05, 3.63) is 60.2 Å². The van der Waals surface area contributed by atoms with Crippen LogP contribution in [0.2, 0.25) is 0 Å². The normalized spacial score (nSPS) is 15.2. The van der Waals surface area contributed by atoms with Gasteiger partial charge in [0.05, 0.1) is 6.54 Å². The molecule has 2 amide bonds. The van der Waals surface area contributed by atoms with Gasteiger partial charge in [-0.05, 0) is 25.1 Å². The minimum atomic E-state index is -0.0757. The standard InChI is InChI=1S/C19H20N4O2.3ClH/c1-2-22(15-8-4-3-5-9-15)12-18(24)21-14-23-13-20-17-11-7-6-10-16(17)19(23)25;;;/h3-11,13H,2,12,14H2,1H3,(H,21,24);3*1H. The van der Waals surface area contributed by atoms with E-state index >= 15 is 0 Å². The van der Waals surface area contributed by atoms with Gasteiger partial charge in [-0.25, -0.2) is 4.79 Å². The molecule has 1 aliphatic rings. The Bertz CT molecular complexity index is 803. The van der Waals surface area contributed by atoms with Gasteiger partial charge in [0.2, 0.25) is 5.69 Å². The van der Waals surface area contributed by atoms with Gasteiger partial charge >= 0.3 is 12.2 Å². The monoisotopic (exact) mass is 444 g/mol. The second kappa shape index (κ2) is 12.5. The highest BCUT2D eigenvalue weighted by Gasteiger charge is 2.31. The molecule has 152 valence electrons. The van der Waals surface area contributed by atoms with Crippen molar-refractivity contribution in [3.63, 3.8) is 0 Å². The average Bonchev–Trinajstić information content (AvgIpc) is 2.66. The SMILES string of the molecule is CC[NH+](CC(=O)NC[NH+]1C=[NH+]c2ccccc2C1=O)c1ccccc1.[Cl-].[Cl-].[Cl-]. The zero-order valence-corrected chi connectivity index (χ0v) is 17.6. The highest BCUT2D eigenvalue weighted by Crippen LogP contribution is 2.07. The molecule has 0 bridgehead atoms. The zero-order chi connectivity index (χ0) is 17.6. The van der Waals surface area contributed by atoms with Gasteiger partial charge in [0, 0.05) is 6.07 Å². The number of para-hydroxylation sites is 2. The molecule has 28 heavy (non-hydrogen) atoms. The number of amides is 2. The third-order valence-corrected chi connectivity index (χ3v) is 4.32. The number of rotatable bonds is 6. The van der Waals surface area contributed by atoms with E-state index in [4.69, 9.17) is 0 Å². The number of quaternary nitrogens is 2. The smallest absolute Gasteiger partial charge is 0.361 e. The van der Waals surface area contributed by atoms with Crippen LogP contribution in [0.25, 0.3) is 0 Å². The lowest BCUT2D eigenvalue weighted by atomic mass is 10.1. The average molecular weight is 446 g/mol. The first-order valence-corrected chi connectivity index (χ1v) is 8.45. The number of benzene rings is 2. The van der Waals surface area contributed by atoms with E-state index in [1.165, 1.54) is 0 Å². The fourth-order valence-electron chi connectivity index (χ4n) is 2.90. The summed E-state index contributed by atoms with van der Waals surface area (Å²) in [7, 11) is 0. The van der Waals surface area contributed by atoms with E-state index in [1.54, 1.807) is 12.4 Å². The summed E-state index contributed by atoms with van der Waals surface area (Å²) in [6.07, 6.45) is 1.67.